The van der Waals surface area contributed by atoms with Crippen LogP contribution >= 0.6 is 0 Å². The Morgan fingerprint density at radius 1 is 1.21 bits per heavy atom. The van der Waals surface area contributed by atoms with Crippen LogP contribution in [0.2, 0.25) is 0 Å². The van der Waals surface area contributed by atoms with Gasteiger partial charge in [-0.25, -0.2) is 4.79 Å². The molecule has 1 aliphatic rings. The Morgan fingerprint density at radius 3 is 2.38 bits per heavy atom. The minimum absolute atomic E-state index is 0.110. The van der Waals surface area contributed by atoms with Gasteiger partial charge in [-0.05, 0) is 51.0 Å². The number of carbonyl (C=O) groups excluding carboxylic acids is 1. The van der Waals surface area contributed by atoms with E-state index in [0.717, 1.165) is 25.7 Å². The maximum Gasteiger partial charge on any atom is 0.318 e. The normalized spacial score (nSPS) is 23.3. The zero-order valence-electron chi connectivity index (χ0n) is 14.7. The molecule has 1 aromatic carbocycles. The molecule has 0 heterocycles. The first kappa shape index (κ1) is 18.7. The standard InChI is InChI=1S/C19H30N2O3/c1-14(13-22)21(12-15(2)23)19(24)20-18-10-8-17(9-11-18)16-6-4-3-5-7-16/h3-7,14-15,17-18,22-23H,8-13H2,1-2H3,(H,20,24)/t14-,15+,17?,18?/m0/s1. The first-order valence-corrected chi connectivity index (χ1v) is 8.92. The largest absolute Gasteiger partial charge is 0.394 e. The van der Waals surface area contributed by atoms with E-state index in [-0.39, 0.29) is 31.3 Å². The molecule has 1 aromatic rings. The third-order valence-corrected chi connectivity index (χ3v) is 4.84. The molecule has 0 aliphatic heterocycles. The van der Waals surface area contributed by atoms with E-state index >= 15 is 0 Å². The molecule has 24 heavy (non-hydrogen) atoms. The van der Waals surface area contributed by atoms with Crippen LogP contribution in [0, 0.1) is 0 Å². The van der Waals surface area contributed by atoms with Crippen LogP contribution in [0.1, 0.15) is 51.0 Å². The number of aliphatic hydroxyl groups is 2. The van der Waals surface area contributed by atoms with Crippen LogP contribution in [0.25, 0.3) is 0 Å². The molecule has 134 valence electrons. The van der Waals surface area contributed by atoms with Gasteiger partial charge in [-0.15, -0.1) is 0 Å². The molecule has 5 heteroatoms. The molecule has 0 bridgehead atoms. The van der Waals surface area contributed by atoms with E-state index in [0.29, 0.717) is 5.92 Å². The average Bonchev–Trinajstić information content (AvgIpc) is 2.60. The van der Waals surface area contributed by atoms with E-state index in [2.05, 4.69) is 29.6 Å². The lowest BCUT2D eigenvalue weighted by atomic mass is 9.82. The number of urea groups is 1. The summed E-state index contributed by atoms with van der Waals surface area (Å²) in [6.45, 7) is 3.55. The maximum absolute atomic E-state index is 12.5. The molecule has 1 saturated carbocycles. The molecular weight excluding hydrogens is 304 g/mol. The Kier molecular flexibility index (Phi) is 7.06. The van der Waals surface area contributed by atoms with Crippen LogP contribution in [-0.2, 0) is 0 Å². The molecule has 3 N–H and O–H groups in total. The van der Waals surface area contributed by atoms with Crippen molar-refractivity contribution >= 4 is 6.03 Å². The molecule has 0 saturated heterocycles. The van der Waals surface area contributed by atoms with E-state index in [1.54, 1.807) is 13.8 Å². The highest BCUT2D eigenvalue weighted by atomic mass is 16.3. The van der Waals surface area contributed by atoms with Gasteiger partial charge >= 0.3 is 6.03 Å². The Bertz CT molecular complexity index is 499. The number of rotatable bonds is 6. The van der Waals surface area contributed by atoms with Crippen molar-refractivity contribution in [2.75, 3.05) is 13.2 Å². The summed E-state index contributed by atoms with van der Waals surface area (Å²) in [7, 11) is 0. The second-order valence-electron chi connectivity index (χ2n) is 6.94. The summed E-state index contributed by atoms with van der Waals surface area (Å²) in [5.74, 6) is 0.573. The SMILES string of the molecule is C[C@@H](O)CN(C(=O)NC1CCC(c2ccccc2)CC1)[C@@H](C)CO. The molecule has 0 spiro atoms. The predicted octanol–water partition coefficient (Wildman–Crippen LogP) is 2.49. The van der Waals surface area contributed by atoms with E-state index < -0.39 is 6.10 Å². The van der Waals surface area contributed by atoms with Crippen LogP contribution in [0.15, 0.2) is 30.3 Å². The van der Waals surface area contributed by atoms with Crippen LogP contribution in [0.4, 0.5) is 4.79 Å². The van der Waals surface area contributed by atoms with Gasteiger partial charge in [0.1, 0.15) is 0 Å². The van der Waals surface area contributed by atoms with Gasteiger partial charge in [0.25, 0.3) is 0 Å². The molecule has 1 aliphatic carbocycles. The molecule has 2 amide bonds. The lowest BCUT2D eigenvalue weighted by molar-refractivity contribution is 0.0914. The number of nitrogens with one attached hydrogen (secondary N) is 1. The zero-order valence-corrected chi connectivity index (χ0v) is 14.7. The smallest absolute Gasteiger partial charge is 0.318 e. The summed E-state index contributed by atoms with van der Waals surface area (Å²) >= 11 is 0. The van der Waals surface area contributed by atoms with E-state index in [1.165, 1.54) is 10.5 Å². The molecule has 1 fully saturated rings. The Morgan fingerprint density at radius 2 is 1.83 bits per heavy atom. The summed E-state index contributed by atoms with van der Waals surface area (Å²) in [5.41, 5.74) is 1.38. The first-order valence-electron chi connectivity index (χ1n) is 8.92. The monoisotopic (exact) mass is 334 g/mol. The first-order chi connectivity index (χ1) is 11.5. The quantitative estimate of drug-likeness (QED) is 0.748. The lowest BCUT2D eigenvalue weighted by Gasteiger charge is -2.34. The van der Waals surface area contributed by atoms with Gasteiger partial charge < -0.3 is 20.4 Å². The summed E-state index contributed by atoms with van der Waals surface area (Å²) < 4.78 is 0. The van der Waals surface area contributed by atoms with Crippen LogP contribution in [0.5, 0.6) is 0 Å². The number of aliphatic hydroxyl groups excluding tert-OH is 2. The highest BCUT2D eigenvalue weighted by molar-refractivity contribution is 5.75. The third-order valence-electron chi connectivity index (χ3n) is 4.84. The molecule has 5 nitrogen and oxygen atoms in total. The zero-order chi connectivity index (χ0) is 17.5. The van der Waals surface area contributed by atoms with Gasteiger partial charge in [0.15, 0.2) is 0 Å². The van der Waals surface area contributed by atoms with Crippen molar-refractivity contribution in [2.24, 2.45) is 0 Å². The minimum Gasteiger partial charge on any atom is -0.394 e. The van der Waals surface area contributed by atoms with Gasteiger partial charge in [-0.2, -0.15) is 0 Å². The van der Waals surface area contributed by atoms with Crippen LogP contribution in [-0.4, -0.2) is 52.5 Å². The lowest BCUT2D eigenvalue weighted by Crippen LogP contribution is -2.52. The van der Waals surface area contributed by atoms with Gasteiger partial charge in [0.05, 0.1) is 18.8 Å². The van der Waals surface area contributed by atoms with Gasteiger partial charge in [0.2, 0.25) is 0 Å². The van der Waals surface area contributed by atoms with Gasteiger partial charge in [-0.1, -0.05) is 30.3 Å². The number of carbonyl (C=O) groups is 1. The Hall–Kier alpha value is -1.59. The fraction of sp³-hybridized carbons (Fsp3) is 0.632. The van der Waals surface area contributed by atoms with E-state index in [4.69, 9.17) is 0 Å². The van der Waals surface area contributed by atoms with Gasteiger partial charge in [-0.3, -0.25) is 0 Å². The van der Waals surface area contributed by atoms with E-state index in [9.17, 15) is 15.0 Å². The summed E-state index contributed by atoms with van der Waals surface area (Å²) in [6.07, 6.45) is 3.45. The van der Waals surface area contributed by atoms with Crippen molar-refractivity contribution in [1.82, 2.24) is 10.2 Å². The number of benzene rings is 1. The van der Waals surface area contributed by atoms with Crippen molar-refractivity contribution in [3.05, 3.63) is 35.9 Å². The summed E-state index contributed by atoms with van der Waals surface area (Å²) in [4.78, 5) is 14.0. The second kappa shape index (κ2) is 9.04. The van der Waals surface area contributed by atoms with Crippen LogP contribution in [0.3, 0.4) is 0 Å². The number of amides is 2. The highest BCUT2D eigenvalue weighted by Gasteiger charge is 2.27. The van der Waals surface area contributed by atoms with Crippen molar-refractivity contribution in [1.29, 1.82) is 0 Å². The number of hydrogen-bond acceptors (Lipinski definition) is 3. The summed E-state index contributed by atoms with van der Waals surface area (Å²) in [6, 6.07) is 10.2. The second-order valence-corrected chi connectivity index (χ2v) is 6.94. The van der Waals surface area contributed by atoms with E-state index in [1.807, 2.05) is 6.07 Å². The number of nitrogens with zero attached hydrogens (tertiary/aromatic N) is 1. The van der Waals surface area contributed by atoms with Gasteiger partial charge in [0, 0.05) is 12.6 Å². The third kappa shape index (κ3) is 5.21. The number of hydrogen-bond donors (Lipinski definition) is 3. The summed E-state index contributed by atoms with van der Waals surface area (Å²) in [5, 5.41) is 22.0. The topological polar surface area (TPSA) is 72.8 Å². The minimum atomic E-state index is -0.612. The molecule has 0 unspecified atom stereocenters. The van der Waals surface area contributed by atoms with Crippen LogP contribution < -0.4 is 5.32 Å². The maximum atomic E-state index is 12.5. The van der Waals surface area contributed by atoms with Crippen molar-refractivity contribution in [3.8, 4) is 0 Å². The average molecular weight is 334 g/mol. The molecule has 0 radical (unpaired) electrons. The fourth-order valence-electron chi connectivity index (χ4n) is 3.40. The van der Waals surface area contributed by atoms with Crippen molar-refractivity contribution < 1.29 is 15.0 Å². The Labute approximate surface area is 144 Å². The molecule has 0 aromatic heterocycles. The Balaban J connectivity index is 1.86. The molecule has 2 atom stereocenters. The highest BCUT2D eigenvalue weighted by Crippen LogP contribution is 2.32. The molecule has 2 rings (SSSR count). The predicted molar refractivity (Wildman–Crippen MR) is 94.9 cm³/mol. The van der Waals surface area contributed by atoms with Crippen molar-refractivity contribution in [3.63, 3.8) is 0 Å². The fourth-order valence-corrected chi connectivity index (χ4v) is 3.40. The molecular formula is C19H30N2O3. The van der Waals surface area contributed by atoms with Crippen molar-refractivity contribution in [2.45, 2.75) is 63.6 Å².